The lowest BCUT2D eigenvalue weighted by Gasteiger charge is -2.12. The van der Waals surface area contributed by atoms with Gasteiger partial charge in [0.15, 0.2) is 5.76 Å². The first-order valence-corrected chi connectivity index (χ1v) is 9.44. The third-order valence-electron chi connectivity index (χ3n) is 4.57. The van der Waals surface area contributed by atoms with Crippen molar-refractivity contribution >= 4 is 28.8 Å². The SMILES string of the molecule is C=CC1=C(C=C)c2c(C)noc2[C@H](CC(=O)NCC)N=C1c1ccc(Cl)cc1. The summed E-state index contributed by atoms with van der Waals surface area (Å²) < 4.78 is 5.61. The van der Waals surface area contributed by atoms with E-state index in [4.69, 9.17) is 21.1 Å². The van der Waals surface area contributed by atoms with Gasteiger partial charge in [-0.3, -0.25) is 9.79 Å². The van der Waals surface area contributed by atoms with Crippen molar-refractivity contribution in [2.45, 2.75) is 26.3 Å². The van der Waals surface area contributed by atoms with Gasteiger partial charge < -0.3 is 9.84 Å². The predicted octanol–water partition coefficient (Wildman–Crippen LogP) is 4.83. The molecule has 28 heavy (non-hydrogen) atoms. The van der Waals surface area contributed by atoms with Gasteiger partial charge in [-0.2, -0.15) is 0 Å². The van der Waals surface area contributed by atoms with Gasteiger partial charge in [-0.25, -0.2) is 0 Å². The zero-order valence-electron chi connectivity index (χ0n) is 16.0. The van der Waals surface area contributed by atoms with Crippen LogP contribution in [0.1, 0.15) is 42.0 Å². The zero-order valence-corrected chi connectivity index (χ0v) is 16.7. The predicted molar refractivity (Wildman–Crippen MR) is 113 cm³/mol. The minimum atomic E-state index is -0.513. The number of carbonyl (C=O) groups excluding carboxylic acids is 1. The lowest BCUT2D eigenvalue weighted by Crippen LogP contribution is -2.24. The second-order valence-corrected chi connectivity index (χ2v) is 6.84. The number of rotatable bonds is 6. The molecule has 0 saturated carbocycles. The molecule has 1 aliphatic rings. The van der Waals surface area contributed by atoms with Crippen molar-refractivity contribution in [3.8, 4) is 0 Å². The van der Waals surface area contributed by atoms with Gasteiger partial charge in [0.25, 0.3) is 0 Å². The van der Waals surface area contributed by atoms with E-state index in [1.54, 1.807) is 12.2 Å². The maximum absolute atomic E-state index is 12.3. The summed E-state index contributed by atoms with van der Waals surface area (Å²) >= 11 is 6.05. The smallest absolute Gasteiger partial charge is 0.222 e. The first-order valence-electron chi connectivity index (χ1n) is 9.06. The van der Waals surface area contributed by atoms with E-state index >= 15 is 0 Å². The topological polar surface area (TPSA) is 67.5 Å². The first kappa shape index (κ1) is 19.8. The quantitative estimate of drug-likeness (QED) is 0.761. The summed E-state index contributed by atoms with van der Waals surface area (Å²) in [6.07, 6.45) is 3.65. The number of carbonyl (C=O) groups is 1. The standard InChI is InChI=1S/C22H22ClN3O2/c1-5-16-17(6-2)21(14-8-10-15(23)11-9-14)25-18(12-19(27)24-7-3)22-20(16)13(4)26-28-22/h5-6,8-11,18H,1-2,7,12H2,3-4H3,(H,24,27)/t18-/m0/s1. The third kappa shape index (κ3) is 3.71. The van der Waals surface area contributed by atoms with Crippen LogP contribution in [0.4, 0.5) is 0 Å². The highest BCUT2D eigenvalue weighted by Crippen LogP contribution is 2.38. The maximum atomic E-state index is 12.3. The Labute approximate surface area is 169 Å². The van der Waals surface area contributed by atoms with Crippen molar-refractivity contribution in [2.75, 3.05) is 6.54 Å². The number of aryl methyl sites for hydroxylation is 1. The highest BCUT2D eigenvalue weighted by atomic mass is 35.5. The van der Waals surface area contributed by atoms with E-state index in [0.29, 0.717) is 23.0 Å². The summed E-state index contributed by atoms with van der Waals surface area (Å²) in [5, 5.41) is 7.57. The monoisotopic (exact) mass is 395 g/mol. The summed E-state index contributed by atoms with van der Waals surface area (Å²) in [6, 6.07) is 6.89. The number of fused-ring (bicyclic) bond motifs is 1. The van der Waals surface area contributed by atoms with Crippen molar-refractivity contribution in [1.82, 2.24) is 10.5 Å². The molecule has 0 unspecified atom stereocenters. The Balaban J connectivity index is 2.24. The second-order valence-electron chi connectivity index (χ2n) is 6.40. The summed E-state index contributed by atoms with van der Waals surface area (Å²) in [4.78, 5) is 17.2. The molecule has 1 aromatic carbocycles. The van der Waals surface area contributed by atoms with Crippen LogP contribution in [0.15, 0.2) is 64.7 Å². The number of aromatic nitrogens is 1. The fraction of sp³-hybridized carbons (Fsp3) is 0.227. The average Bonchev–Trinajstić information content (AvgIpc) is 2.99. The van der Waals surface area contributed by atoms with Crippen LogP contribution in [-0.2, 0) is 4.79 Å². The van der Waals surface area contributed by atoms with Crippen molar-refractivity contribution in [3.63, 3.8) is 0 Å². The van der Waals surface area contributed by atoms with Crippen LogP contribution in [0.25, 0.3) is 5.57 Å². The summed E-state index contributed by atoms with van der Waals surface area (Å²) in [5.41, 5.74) is 4.75. The van der Waals surface area contributed by atoms with Crippen LogP contribution in [0, 0.1) is 6.92 Å². The van der Waals surface area contributed by atoms with Gasteiger partial charge in [0.1, 0.15) is 6.04 Å². The number of hydrogen-bond donors (Lipinski definition) is 1. The van der Waals surface area contributed by atoms with Gasteiger partial charge in [0, 0.05) is 22.7 Å². The van der Waals surface area contributed by atoms with Gasteiger partial charge in [-0.15, -0.1) is 0 Å². The average molecular weight is 396 g/mol. The fourth-order valence-electron chi connectivity index (χ4n) is 3.33. The highest BCUT2D eigenvalue weighted by Gasteiger charge is 2.31. The molecule has 0 radical (unpaired) electrons. The molecule has 0 aliphatic carbocycles. The minimum absolute atomic E-state index is 0.103. The number of nitrogens with one attached hydrogen (secondary N) is 1. The number of hydrogen-bond acceptors (Lipinski definition) is 4. The molecule has 1 aliphatic heterocycles. The molecule has 144 valence electrons. The van der Waals surface area contributed by atoms with Crippen LogP contribution in [0.2, 0.25) is 5.02 Å². The molecular formula is C22H22ClN3O2. The molecule has 1 atom stereocenters. The molecule has 0 spiro atoms. The maximum Gasteiger partial charge on any atom is 0.222 e. The molecule has 0 saturated heterocycles. The molecule has 6 heteroatoms. The Kier molecular flexibility index (Phi) is 5.95. The first-order chi connectivity index (χ1) is 13.5. The van der Waals surface area contributed by atoms with Crippen LogP contribution in [-0.4, -0.2) is 23.3 Å². The summed E-state index contributed by atoms with van der Waals surface area (Å²) in [5.74, 6) is 0.455. The number of amides is 1. The van der Waals surface area contributed by atoms with E-state index in [2.05, 4.69) is 23.6 Å². The Morgan fingerprint density at radius 3 is 2.54 bits per heavy atom. The largest absolute Gasteiger partial charge is 0.358 e. The minimum Gasteiger partial charge on any atom is -0.358 e. The van der Waals surface area contributed by atoms with E-state index in [9.17, 15) is 4.79 Å². The molecule has 5 nitrogen and oxygen atoms in total. The van der Waals surface area contributed by atoms with Gasteiger partial charge in [0.2, 0.25) is 5.91 Å². The molecule has 2 heterocycles. The summed E-state index contributed by atoms with van der Waals surface area (Å²) in [6.45, 7) is 12.2. The van der Waals surface area contributed by atoms with Crippen molar-refractivity contribution in [1.29, 1.82) is 0 Å². The molecular weight excluding hydrogens is 374 g/mol. The molecule has 1 aromatic heterocycles. The van der Waals surface area contributed by atoms with Gasteiger partial charge >= 0.3 is 0 Å². The second kappa shape index (κ2) is 8.40. The molecule has 0 bridgehead atoms. The van der Waals surface area contributed by atoms with Gasteiger partial charge in [-0.05, 0) is 31.6 Å². The highest BCUT2D eigenvalue weighted by molar-refractivity contribution is 6.30. The van der Waals surface area contributed by atoms with Gasteiger partial charge in [-0.1, -0.05) is 54.2 Å². The fourth-order valence-corrected chi connectivity index (χ4v) is 3.45. The number of allylic oxidation sites excluding steroid dienone is 4. The van der Waals surface area contributed by atoms with E-state index in [1.165, 1.54) is 0 Å². The molecule has 2 aromatic rings. The van der Waals surface area contributed by atoms with Crippen LogP contribution in [0.5, 0.6) is 0 Å². The number of benzene rings is 1. The lowest BCUT2D eigenvalue weighted by atomic mass is 9.93. The number of halogens is 1. The molecule has 0 fully saturated rings. The van der Waals surface area contributed by atoms with E-state index in [-0.39, 0.29) is 12.3 Å². The van der Waals surface area contributed by atoms with Gasteiger partial charge in [0.05, 0.1) is 23.4 Å². The van der Waals surface area contributed by atoms with Crippen molar-refractivity contribution in [3.05, 3.63) is 82.8 Å². The number of aliphatic imine (C=N–C) groups is 1. The van der Waals surface area contributed by atoms with Crippen molar-refractivity contribution < 1.29 is 9.32 Å². The zero-order chi connectivity index (χ0) is 20.3. The molecule has 1 amide bonds. The lowest BCUT2D eigenvalue weighted by molar-refractivity contribution is -0.121. The molecule has 1 N–H and O–H groups in total. The number of nitrogens with zero attached hydrogens (tertiary/aromatic N) is 2. The Morgan fingerprint density at radius 1 is 1.25 bits per heavy atom. The van der Waals surface area contributed by atoms with Crippen LogP contribution >= 0.6 is 11.6 Å². The van der Waals surface area contributed by atoms with Crippen LogP contribution in [0.3, 0.4) is 0 Å². The van der Waals surface area contributed by atoms with E-state index < -0.39 is 6.04 Å². The van der Waals surface area contributed by atoms with E-state index in [1.807, 2.05) is 38.1 Å². The van der Waals surface area contributed by atoms with Crippen molar-refractivity contribution in [2.24, 2.45) is 4.99 Å². The summed E-state index contributed by atoms with van der Waals surface area (Å²) in [7, 11) is 0. The Bertz CT molecular complexity index is 984. The Hall–Kier alpha value is -2.92. The normalized spacial score (nSPS) is 16.1. The third-order valence-corrected chi connectivity index (χ3v) is 4.82. The van der Waals surface area contributed by atoms with E-state index in [0.717, 1.165) is 28.0 Å². The van der Waals surface area contributed by atoms with Crippen LogP contribution < -0.4 is 5.32 Å². The Morgan fingerprint density at radius 2 is 1.93 bits per heavy atom. The molecule has 3 rings (SSSR count).